The molecule has 0 saturated heterocycles. The lowest BCUT2D eigenvalue weighted by molar-refractivity contribution is -0.148. The van der Waals surface area contributed by atoms with Crippen LogP contribution in [0.3, 0.4) is 0 Å². The van der Waals surface area contributed by atoms with Crippen molar-refractivity contribution in [3.8, 4) is 0 Å². The van der Waals surface area contributed by atoms with Gasteiger partial charge in [0.1, 0.15) is 17.8 Å². The molecule has 0 fully saturated rings. The van der Waals surface area contributed by atoms with Crippen molar-refractivity contribution in [2.75, 3.05) is 7.11 Å². The fraction of sp³-hybridized carbons (Fsp3) is 0.722. The summed E-state index contributed by atoms with van der Waals surface area (Å²) >= 11 is 0. The predicted molar refractivity (Wildman–Crippen MR) is 88.8 cm³/mol. The largest absolute Gasteiger partial charge is 0.494 e. The van der Waals surface area contributed by atoms with Crippen LogP contribution in [0.4, 0.5) is 0 Å². The van der Waals surface area contributed by atoms with E-state index in [1.807, 2.05) is 39.8 Å². The highest BCUT2D eigenvalue weighted by molar-refractivity contribution is 5.84. The van der Waals surface area contributed by atoms with Crippen molar-refractivity contribution in [2.45, 2.75) is 65.0 Å². The van der Waals surface area contributed by atoms with E-state index >= 15 is 0 Å². The number of ketones is 1. The SMILES string of the molecule is C=CC(C)(C)[C@]1(C)OC=C[C@@]1(C)CC(=O)[C@H](O)[C@H](OC)[C@H](C)O. The Hall–Kier alpha value is -1.17. The minimum Gasteiger partial charge on any atom is -0.494 e. The lowest BCUT2D eigenvalue weighted by atomic mass is 9.60. The fourth-order valence-corrected chi connectivity index (χ4v) is 3.16. The molecule has 1 heterocycles. The molecule has 5 heteroatoms. The molecule has 0 aromatic heterocycles. The zero-order chi connectivity index (χ0) is 18.1. The number of rotatable bonds is 8. The van der Waals surface area contributed by atoms with E-state index in [0.29, 0.717) is 0 Å². The Kier molecular flexibility index (Phi) is 5.83. The molecule has 0 radical (unpaired) electrons. The Morgan fingerprint density at radius 3 is 2.43 bits per heavy atom. The van der Waals surface area contributed by atoms with Crippen LogP contribution in [-0.2, 0) is 14.3 Å². The van der Waals surface area contributed by atoms with Crippen molar-refractivity contribution in [3.63, 3.8) is 0 Å². The number of aliphatic hydroxyl groups excluding tert-OH is 2. The van der Waals surface area contributed by atoms with Crippen molar-refractivity contribution in [1.82, 2.24) is 0 Å². The standard InChI is InChI=1S/C18H30O5/c1-8-16(3,4)18(6)17(5,9-10-23-18)11-13(20)14(21)15(22-7)12(2)19/h8-10,12,14-15,19,21H,1,11H2,2-7H3/t12-,14-,15+,17-,18-/m0/s1. The number of hydrogen-bond donors (Lipinski definition) is 2. The van der Waals surface area contributed by atoms with Gasteiger partial charge in [-0.1, -0.05) is 26.8 Å². The topological polar surface area (TPSA) is 76.0 Å². The summed E-state index contributed by atoms with van der Waals surface area (Å²) in [7, 11) is 1.36. The third kappa shape index (κ3) is 3.37. The first-order valence-corrected chi connectivity index (χ1v) is 7.86. The van der Waals surface area contributed by atoms with Gasteiger partial charge >= 0.3 is 0 Å². The number of aliphatic hydroxyl groups is 2. The molecule has 5 nitrogen and oxygen atoms in total. The quantitative estimate of drug-likeness (QED) is 0.669. The molecule has 23 heavy (non-hydrogen) atoms. The van der Waals surface area contributed by atoms with Crippen LogP contribution in [0.2, 0.25) is 0 Å². The lowest BCUT2D eigenvalue weighted by Gasteiger charge is -2.48. The van der Waals surface area contributed by atoms with Crippen molar-refractivity contribution in [3.05, 3.63) is 25.0 Å². The summed E-state index contributed by atoms with van der Waals surface area (Å²) in [4.78, 5) is 12.6. The second kappa shape index (κ2) is 6.75. The normalized spacial score (nSPS) is 31.3. The van der Waals surface area contributed by atoms with E-state index < -0.39 is 29.3 Å². The smallest absolute Gasteiger partial charge is 0.165 e. The van der Waals surface area contributed by atoms with Gasteiger partial charge < -0.3 is 19.7 Å². The van der Waals surface area contributed by atoms with Gasteiger partial charge in [0, 0.05) is 24.4 Å². The first-order chi connectivity index (χ1) is 10.5. The molecular weight excluding hydrogens is 296 g/mol. The molecule has 1 aliphatic heterocycles. The number of Topliss-reactive ketones (excluding diaryl/α,β-unsaturated/α-hetero) is 1. The molecule has 1 aliphatic rings. The number of carbonyl (C=O) groups excluding carboxylic acids is 1. The van der Waals surface area contributed by atoms with Crippen molar-refractivity contribution in [1.29, 1.82) is 0 Å². The van der Waals surface area contributed by atoms with Gasteiger partial charge in [0.05, 0.1) is 12.4 Å². The molecule has 0 amide bonds. The van der Waals surface area contributed by atoms with E-state index in [9.17, 15) is 15.0 Å². The number of methoxy groups -OCH3 is 1. The molecule has 0 aromatic carbocycles. The maximum atomic E-state index is 12.6. The number of ether oxygens (including phenoxy) is 2. The van der Waals surface area contributed by atoms with Crippen LogP contribution >= 0.6 is 0 Å². The molecule has 0 bridgehead atoms. The summed E-state index contributed by atoms with van der Waals surface area (Å²) in [5, 5.41) is 19.9. The fourth-order valence-electron chi connectivity index (χ4n) is 3.16. The highest BCUT2D eigenvalue weighted by Crippen LogP contribution is 2.53. The van der Waals surface area contributed by atoms with E-state index in [4.69, 9.17) is 9.47 Å². The van der Waals surface area contributed by atoms with Gasteiger partial charge in [-0.25, -0.2) is 0 Å². The maximum absolute atomic E-state index is 12.6. The molecule has 5 atom stereocenters. The Morgan fingerprint density at radius 2 is 2.00 bits per heavy atom. The molecule has 2 N–H and O–H groups in total. The van der Waals surface area contributed by atoms with Crippen LogP contribution in [-0.4, -0.2) is 47.0 Å². The van der Waals surface area contributed by atoms with Crippen LogP contribution in [0.1, 0.15) is 41.0 Å². The molecule has 1 rings (SSSR count). The van der Waals surface area contributed by atoms with Gasteiger partial charge in [-0.15, -0.1) is 6.58 Å². The summed E-state index contributed by atoms with van der Waals surface area (Å²) in [5.41, 5.74) is -1.67. The minimum atomic E-state index is -1.39. The molecule has 0 saturated carbocycles. The lowest BCUT2D eigenvalue weighted by Crippen LogP contribution is -2.54. The third-order valence-electron chi connectivity index (χ3n) is 5.50. The maximum Gasteiger partial charge on any atom is 0.165 e. The second-order valence-electron chi connectivity index (χ2n) is 7.33. The van der Waals surface area contributed by atoms with Gasteiger partial charge in [0.15, 0.2) is 5.78 Å². The highest BCUT2D eigenvalue weighted by Gasteiger charge is 2.57. The number of hydrogen-bond acceptors (Lipinski definition) is 5. The summed E-state index contributed by atoms with van der Waals surface area (Å²) in [6.45, 7) is 13.2. The first kappa shape index (κ1) is 19.9. The Labute approximate surface area is 139 Å². The minimum absolute atomic E-state index is 0.0744. The van der Waals surface area contributed by atoms with Crippen molar-refractivity contribution in [2.24, 2.45) is 10.8 Å². The van der Waals surface area contributed by atoms with Crippen molar-refractivity contribution >= 4 is 5.78 Å². The molecule has 0 unspecified atom stereocenters. The molecule has 0 aromatic rings. The van der Waals surface area contributed by atoms with Gasteiger partial charge in [-0.3, -0.25) is 4.79 Å². The monoisotopic (exact) mass is 326 g/mol. The zero-order valence-electron chi connectivity index (χ0n) is 15.0. The van der Waals surface area contributed by atoms with Gasteiger partial charge in [-0.05, 0) is 19.9 Å². The van der Waals surface area contributed by atoms with Crippen molar-refractivity contribution < 1.29 is 24.5 Å². The number of carbonyl (C=O) groups is 1. The zero-order valence-corrected chi connectivity index (χ0v) is 15.0. The average Bonchev–Trinajstić information content (AvgIpc) is 2.76. The molecule has 0 spiro atoms. The second-order valence-corrected chi connectivity index (χ2v) is 7.33. The van der Waals surface area contributed by atoms with Crippen LogP contribution in [0.25, 0.3) is 0 Å². The molecule has 0 aliphatic carbocycles. The summed E-state index contributed by atoms with van der Waals surface area (Å²) < 4.78 is 10.9. The molecule has 132 valence electrons. The van der Waals surface area contributed by atoms with Crippen LogP contribution < -0.4 is 0 Å². The van der Waals surface area contributed by atoms with E-state index in [0.717, 1.165) is 0 Å². The van der Waals surface area contributed by atoms with Crippen LogP contribution in [0, 0.1) is 10.8 Å². The van der Waals surface area contributed by atoms with Crippen LogP contribution in [0.5, 0.6) is 0 Å². The average molecular weight is 326 g/mol. The van der Waals surface area contributed by atoms with E-state index in [1.54, 1.807) is 6.26 Å². The third-order valence-corrected chi connectivity index (χ3v) is 5.50. The Morgan fingerprint density at radius 1 is 1.43 bits per heavy atom. The highest BCUT2D eigenvalue weighted by atomic mass is 16.5. The summed E-state index contributed by atoms with van der Waals surface area (Å²) in [6.07, 6.45) is 2.06. The van der Waals surface area contributed by atoms with E-state index in [-0.39, 0.29) is 17.6 Å². The predicted octanol–water partition coefficient (Wildman–Crippen LogP) is 2.22. The van der Waals surface area contributed by atoms with Crippen LogP contribution in [0.15, 0.2) is 25.0 Å². The van der Waals surface area contributed by atoms with Gasteiger partial charge in [0.25, 0.3) is 0 Å². The van der Waals surface area contributed by atoms with Gasteiger partial charge in [0.2, 0.25) is 0 Å². The summed E-state index contributed by atoms with van der Waals surface area (Å²) in [6, 6.07) is 0. The first-order valence-electron chi connectivity index (χ1n) is 7.86. The summed E-state index contributed by atoms with van der Waals surface area (Å²) in [5.74, 6) is -0.388. The molecular formula is C18H30O5. The van der Waals surface area contributed by atoms with E-state index in [1.165, 1.54) is 14.0 Å². The van der Waals surface area contributed by atoms with Gasteiger partial charge in [-0.2, -0.15) is 0 Å². The Bertz CT molecular complexity index is 482. The Balaban J connectivity index is 3.03. The van der Waals surface area contributed by atoms with E-state index in [2.05, 4.69) is 6.58 Å².